The van der Waals surface area contributed by atoms with Gasteiger partial charge in [-0.1, -0.05) is 30.3 Å². The zero-order valence-corrected chi connectivity index (χ0v) is 11.9. The maximum absolute atomic E-state index is 12.0. The number of aliphatic hydroxyl groups is 1. The Morgan fingerprint density at radius 2 is 1.95 bits per heavy atom. The zero-order chi connectivity index (χ0) is 15.2. The Hall–Kier alpha value is -1.48. The van der Waals surface area contributed by atoms with E-state index < -0.39 is 28.8 Å². The number of carboxylic acid groups (broad SMARTS) is 1. The van der Waals surface area contributed by atoms with Gasteiger partial charge in [-0.25, -0.2) is 0 Å². The number of aliphatic hydroxyl groups excluding tert-OH is 1. The minimum atomic E-state index is -3.93. The Balaban J connectivity index is 2.74. The molecule has 0 aliphatic heterocycles. The molecule has 8 heteroatoms. The molecular formula is C12H18N2O5S. The SMILES string of the molecule is CN(Cc1ccccc1)S(=O)(=O)N[C@H](CCO)C(=O)O. The average molecular weight is 302 g/mol. The van der Waals surface area contributed by atoms with E-state index in [4.69, 9.17) is 10.2 Å². The Kier molecular flexibility index (Phi) is 6.08. The molecule has 0 radical (unpaired) electrons. The monoisotopic (exact) mass is 302 g/mol. The molecule has 1 aromatic rings. The van der Waals surface area contributed by atoms with Gasteiger partial charge in [-0.05, 0) is 12.0 Å². The predicted octanol–water partition coefficient (Wildman–Crippen LogP) is -0.212. The van der Waals surface area contributed by atoms with E-state index in [1.165, 1.54) is 7.05 Å². The van der Waals surface area contributed by atoms with Gasteiger partial charge < -0.3 is 10.2 Å². The molecule has 0 amide bonds. The Morgan fingerprint density at radius 3 is 2.45 bits per heavy atom. The molecule has 0 saturated carbocycles. The van der Waals surface area contributed by atoms with Crippen molar-refractivity contribution in [3.8, 4) is 0 Å². The molecule has 0 saturated heterocycles. The molecule has 1 rings (SSSR count). The molecule has 7 nitrogen and oxygen atoms in total. The zero-order valence-electron chi connectivity index (χ0n) is 11.1. The summed E-state index contributed by atoms with van der Waals surface area (Å²) in [5.74, 6) is -1.32. The first-order valence-electron chi connectivity index (χ1n) is 5.98. The van der Waals surface area contributed by atoms with Gasteiger partial charge in [0, 0.05) is 20.2 Å². The molecule has 0 aliphatic rings. The van der Waals surface area contributed by atoms with Crippen LogP contribution >= 0.6 is 0 Å². The van der Waals surface area contributed by atoms with E-state index in [1.54, 1.807) is 24.3 Å². The van der Waals surface area contributed by atoms with Gasteiger partial charge in [0.2, 0.25) is 0 Å². The van der Waals surface area contributed by atoms with Crippen LogP contribution in [0, 0.1) is 0 Å². The van der Waals surface area contributed by atoms with Crippen LogP contribution in [0.25, 0.3) is 0 Å². The summed E-state index contributed by atoms with van der Waals surface area (Å²) >= 11 is 0. The van der Waals surface area contributed by atoms with Crippen molar-refractivity contribution in [1.82, 2.24) is 9.03 Å². The van der Waals surface area contributed by atoms with Crippen LogP contribution in [-0.2, 0) is 21.5 Å². The van der Waals surface area contributed by atoms with E-state index in [-0.39, 0.29) is 13.0 Å². The lowest BCUT2D eigenvalue weighted by Crippen LogP contribution is -2.47. The van der Waals surface area contributed by atoms with Gasteiger partial charge in [0.15, 0.2) is 0 Å². The van der Waals surface area contributed by atoms with Crippen LogP contribution in [0.4, 0.5) is 0 Å². The second kappa shape index (κ2) is 7.34. The Labute approximate surface area is 118 Å². The molecule has 1 aromatic carbocycles. The lowest BCUT2D eigenvalue weighted by molar-refractivity contribution is -0.139. The van der Waals surface area contributed by atoms with Crippen molar-refractivity contribution in [2.45, 2.75) is 19.0 Å². The highest BCUT2D eigenvalue weighted by Crippen LogP contribution is 2.07. The number of rotatable bonds is 8. The van der Waals surface area contributed by atoms with Crippen molar-refractivity contribution in [3.05, 3.63) is 35.9 Å². The molecule has 0 unspecified atom stereocenters. The summed E-state index contributed by atoms with van der Waals surface area (Å²) < 4.78 is 27.1. The summed E-state index contributed by atoms with van der Waals surface area (Å²) in [7, 11) is -2.58. The van der Waals surface area contributed by atoms with E-state index in [2.05, 4.69) is 4.72 Å². The molecule has 1 atom stereocenters. The number of carboxylic acids is 1. The van der Waals surface area contributed by atoms with Crippen molar-refractivity contribution >= 4 is 16.2 Å². The fourth-order valence-corrected chi connectivity index (χ4v) is 2.63. The van der Waals surface area contributed by atoms with Gasteiger partial charge in [0.25, 0.3) is 10.2 Å². The number of nitrogens with one attached hydrogen (secondary N) is 1. The topological polar surface area (TPSA) is 107 Å². The van der Waals surface area contributed by atoms with Crippen molar-refractivity contribution in [1.29, 1.82) is 0 Å². The minimum Gasteiger partial charge on any atom is -0.480 e. The molecule has 0 aliphatic carbocycles. The van der Waals surface area contributed by atoms with Gasteiger partial charge in [0.1, 0.15) is 6.04 Å². The van der Waals surface area contributed by atoms with Crippen LogP contribution in [-0.4, -0.2) is 48.6 Å². The molecule has 0 bridgehead atoms. The third-order valence-corrected chi connectivity index (χ3v) is 4.20. The van der Waals surface area contributed by atoms with Gasteiger partial charge in [-0.15, -0.1) is 0 Å². The molecule has 0 fully saturated rings. The highest BCUT2D eigenvalue weighted by molar-refractivity contribution is 7.87. The number of benzene rings is 1. The van der Waals surface area contributed by atoms with Crippen LogP contribution in [0.1, 0.15) is 12.0 Å². The van der Waals surface area contributed by atoms with Crippen LogP contribution < -0.4 is 4.72 Å². The number of aliphatic carboxylic acids is 1. The van der Waals surface area contributed by atoms with Crippen molar-refractivity contribution in [3.63, 3.8) is 0 Å². The van der Waals surface area contributed by atoms with Crippen LogP contribution in [0.15, 0.2) is 30.3 Å². The summed E-state index contributed by atoms with van der Waals surface area (Å²) in [6.07, 6.45) is -0.187. The van der Waals surface area contributed by atoms with Crippen molar-refractivity contribution in [2.24, 2.45) is 0 Å². The lowest BCUT2D eigenvalue weighted by Gasteiger charge is -2.20. The first-order chi connectivity index (χ1) is 9.36. The second-order valence-corrected chi connectivity index (χ2v) is 6.08. The molecule has 0 spiro atoms. The Bertz CT molecular complexity index is 532. The summed E-state index contributed by atoms with van der Waals surface area (Å²) in [6, 6.07) is 7.59. The summed E-state index contributed by atoms with van der Waals surface area (Å²) in [5, 5.41) is 17.6. The fourth-order valence-electron chi connectivity index (χ4n) is 1.56. The maximum atomic E-state index is 12.0. The third-order valence-electron chi connectivity index (χ3n) is 2.67. The lowest BCUT2D eigenvalue weighted by atomic mass is 10.2. The average Bonchev–Trinajstić information content (AvgIpc) is 2.39. The van der Waals surface area contributed by atoms with Gasteiger partial charge in [0.05, 0.1) is 0 Å². The number of carbonyl (C=O) groups is 1. The molecule has 20 heavy (non-hydrogen) atoms. The second-order valence-electron chi connectivity index (χ2n) is 4.27. The van der Waals surface area contributed by atoms with E-state index in [0.29, 0.717) is 0 Å². The summed E-state index contributed by atoms with van der Waals surface area (Å²) in [5.41, 5.74) is 0.786. The molecule has 0 heterocycles. The highest BCUT2D eigenvalue weighted by Gasteiger charge is 2.26. The van der Waals surface area contributed by atoms with Gasteiger partial charge in [-0.3, -0.25) is 4.79 Å². The first-order valence-corrected chi connectivity index (χ1v) is 7.42. The molecule has 3 N–H and O–H groups in total. The number of hydrogen-bond donors (Lipinski definition) is 3. The van der Waals surface area contributed by atoms with Crippen LogP contribution in [0.5, 0.6) is 0 Å². The quantitative estimate of drug-likeness (QED) is 0.616. The minimum absolute atomic E-state index is 0.127. The van der Waals surface area contributed by atoms with E-state index in [0.717, 1.165) is 9.87 Å². The third kappa shape index (κ3) is 4.89. The number of nitrogens with zero attached hydrogens (tertiary/aromatic N) is 1. The molecule has 0 aromatic heterocycles. The smallest absolute Gasteiger partial charge is 0.321 e. The normalized spacial score (nSPS) is 13.3. The highest BCUT2D eigenvalue weighted by atomic mass is 32.2. The van der Waals surface area contributed by atoms with E-state index in [9.17, 15) is 13.2 Å². The first kappa shape index (κ1) is 16.6. The van der Waals surface area contributed by atoms with E-state index >= 15 is 0 Å². The molecule has 112 valence electrons. The van der Waals surface area contributed by atoms with E-state index in [1.807, 2.05) is 6.07 Å². The molecular weight excluding hydrogens is 284 g/mol. The standard InChI is InChI=1S/C12H18N2O5S/c1-14(9-10-5-3-2-4-6-10)20(18,19)13-11(7-8-15)12(16)17/h2-6,11,13,15H,7-9H2,1H3,(H,16,17)/t11-/m1/s1. The Morgan fingerprint density at radius 1 is 1.35 bits per heavy atom. The summed E-state index contributed by atoms with van der Waals surface area (Å²) in [6.45, 7) is -0.288. The van der Waals surface area contributed by atoms with Crippen molar-refractivity contribution < 1.29 is 23.4 Å². The summed E-state index contributed by atoms with van der Waals surface area (Å²) in [4.78, 5) is 10.9. The van der Waals surface area contributed by atoms with Crippen LogP contribution in [0.3, 0.4) is 0 Å². The van der Waals surface area contributed by atoms with Crippen LogP contribution in [0.2, 0.25) is 0 Å². The number of hydrogen-bond acceptors (Lipinski definition) is 4. The predicted molar refractivity (Wildman–Crippen MR) is 73.1 cm³/mol. The maximum Gasteiger partial charge on any atom is 0.321 e. The van der Waals surface area contributed by atoms with Gasteiger partial charge >= 0.3 is 5.97 Å². The fraction of sp³-hybridized carbons (Fsp3) is 0.417. The largest absolute Gasteiger partial charge is 0.480 e. The van der Waals surface area contributed by atoms with Gasteiger partial charge in [-0.2, -0.15) is 17.4 Å². The van der Waals surface area contributed by atoms with Crippen molar-refractivity contribution in [2.75, 3.05) is 13.7 Å².